The van der Waals surface area contributed by atoms with Gasteiger partial charge in [-0.25, -0.2) is 18.7 Å². The fraction of sp³-hybridized carbons (Fsp3) is 0.565. The highest BCUT2D eigenvalue weighted by Crippen LogP contribution is 2.44. The molecule has 2 aliphatic carbocycles. The van der Waals surface area contributed by atoms with Gasteiger partial charge in [-0.1, -0.05) is 30.0 Å². The van der Waals surface area contributed by atoms with Crippen LogP contribution in [-0.2, 0) is 10.5 Å². The zero-order valence-corrected chi connectivity index (χ0v) is 20.5. The van der Waals surface area contributed by atoms with Crippen LogP contribution in [0.15, 0.2) is 23.4 Å². The van der Waals surface area contributed by atoms with Gasteiger partial charge >= 0.3 is 0 Å². The van der Waals surface area contributed by atoms with Gasteiger partial charge in [0.15, 0.2) is 39.5 Å². The van der Waals surface area contributed by atoms with E-state index in [2.05, 4.69) is 25.6 Å². The minimum absolute atomic E-state index is 0.0165. The minimum Gasteiger partial charge on any atom is -0.394 e. The Bertz CT molecular complexity index is 1250. The van der Waals surface area contributed by atoms with Gasteiger partial charge in [0.25, 0.3) is 0 Å². The van der Waals surface area contributed by atoms with Crippen LogP contribution in [0.3, 0.4) is 0 Å². The number of nitrogens with zero attached hydrogens (tertiary/aromatic N) is 5. The molecule has 2 aliphatic rings. The summed E-state index contributed by atoms with van der Waals surface area (Å²) < 4.78 is 33.7. The van der Waals surface area contributed by atoms with Crippen molar-refractivity contribution in [3.05, 3.63) is 35.4 Å². The molecule has 13 heteroatoms. The summed E-state index contributed by atoms with van der Waals surface area (Å²) in [6.07, 6.45) is 0.165. The number of thioether (sulfide) groups is 1. The fourth-order valence-electron chi connectivity index (χ4n) is 4.62. The third-order valence-corrected chi connectivity index (χ3v) is 7.67. The first kappa shape index (κ1) is 25.2. The molecule has 36 heavy (non-hydrogen) atoms. The Kier molecular flexibility index (Phi) is 7.10. The molecule has 5 atom stereocenters. The van der Waals surface area contributed by atoms with Crippen molar-refractivity contribution in [2.24, 2.45) is 0 Å². The van der Waals surface area contributed by atoms with Crippen LogP contribution in [0.25, 0.3) is 11.2 Å². The molecule has 1 aromatic carbocycles. The fourth-order valence-corrected chi connectivity index (χ4v) is 5.32. The van der Waals surface area contributed by atoms with Gasteiger partial charge in [-0.15, -0.1) is 5.10 Å². The number of fused-ring (bicyclic) bond motifs is 1. The highest BCUT2D eigenvalue weighted by atomic mass is 32.2. The number of ether oxygens (including phenoxy) is 1. The van der Waals surface area contributed by atoms with Crippen molar-refractivity contribution in [1.29, 1.82) is 0 Å². The predicted molar refractivity (Wildman–Crippen MR) is 128 cm³/mol. The van der Waals surface area contributed by atoms with Gasteiger partial charge in [0, 0.05) is 24.1 Å². The van der Waals surface area contributed by atoms with Crippen LogP contribution in [0, 0.1) is 11.6 Å². The molecule has 0 radical (unpaired) electrons. The monoisotopic (exact) mass is 522 g/mol. The maximum absolute atomic E-state index is 13.7. The van der Waals surface area contributed by atoms with Crippen LogP contribution in [-0.4, -0.2) is 77.5 Å². The summed E-state index contributed by atoms with van der Waals surface area (Å²) in [6, 6.07) is 3.84. The van der Waals surface area contributed by atoms with Crippen LogP contribution in [0.1, 0.15) is 44.1 Å². The quantitative estimate of drug-likeness (QED) is 0.231. The number of nitrogens with one attached hydrogen (secondary N) is 1. The van der Waals surface area contributed by atoms with E-state index in [1.807, 2.05) is 6.92 Å². The molecule has 0 saturated heterocycles. The van der Waals surface area contributed by atoms with E-state index in [0.29, 0.717) is 34.9 Å². The summed E-state index contributed by atoms with van der Waals surface area (Å²) in [5.41, 5.74) is -0.508. The Morgan fingerprint density at radius 2 is 2.11 bits per heavy atom. The molecule has 4 N–H and O–H groups in total. The molecule has 0 spiro atoms. The van der Waals surface area contributed by atoms with Gasteiger partial charge in [-0.3, -0.25) is 0 Å². The summed E-state index contributed by atoms with van der Waals surface area (Å²) in [5.74, 6) is -0.585. The van der Waals surface area contributed by atoms with Gasteiger partial charge in [0.05, 0.1) is 19.3 Å². The zero-order chi connectivity index (χ0) is 25.4. The summed E-state index contributed by atoms with van der Waals surface area (Å²) >= 11 is 1.44. The average molecular weight is 523 g/mol. The SMILES string of the molecule is CCCSc1nc(NC2CC2c2ccc(F)c(F)c2)c2nnn(C3(O)CCC(OCCO)C3O)c2n1. The molecular weight excluding hydrogens is 494 g/mol. The maximum atomic E-state index is 13.7. The van der Waals surface area contributed by atoms with E-state index < -0.39 is 29.6 Å². The van der Waals surface area contributed by atoms with Crippen LogP contribution in [0.2, 0.25) is 0 Å². The van der Waals surface area contributed by atoms with E-state index in [0.717, 1.165) is 18.2 Å². The molecule has 2 fully saturated rings. The number of halogens is 2. The van der Waals surface area contributed by atoms with Crippen LogP contribution in [0.5, 0.6) is 0 Å². The van der Waals surface area contributed by atoms with E-state index in [9.17, 15) is 19.0 Å². The van der Waals surface area contributed by atoms with Crippen LogP contribution >= 0.6 is 11.8 Å². The van der Waals surface area contributed by atoms with E-state index in [4.69, 9.17) is 9.84 Å². The van der Waals surface area contributed by atoms with Crippen molar-refractivity contribution in [2.45, 2.75) is 67.7 Å². The average Bonchev–Trinajstić information content (AvgIpc) is 3.39. The lowest BCUT2D eigenvalue weighted by molar-refractivity contribution is -0.154. The smallest absolute Gasteiger partial charge is 0.191 e. The Morgan fingerprint density at radius 1 is 1.28 bits per heavy atom. The number of rotatable bonds is 10. The lowest BCUT2D eigenvalue weighted by Crippen LogP contribution is -2.46. The van der Waals surface area contributed by atoms with E-state index in [1.165, 1.54) is 22.5 Å². The zero-order valence-electron chi connectivity index (χ0n) is 19.6. The minimum atomic E-state index is -1.79. The molecule has 0 bridgehead atoms. The molecule has 2 saturated carbocycles. The topological polar surface area (TPSA) is 138 Å². The molecule has 0 amide bonds. The summed E-state index contributed by atoms with van der Waals surface area (Å²) in [4.78, 5) is 9.19. The van der Waals surface area contributed by atoms with Gasteiger partial charge < -0.3 is 25.4 Å². The number of hydrogen-bond donors (Lipinski definition) is 4. The van der Waals surface area contributed by atoms with Crippen LogP contribution in [0.4, 0.5) is 14.6 Å². The Balaban J connectivity index is 1.45. The van der Waals surface area contributed by atoms with Gasteiger partial charge in [0.1, 0.15) is 6.10 Å². The summed E-state index contributed by atoms with van der Waals surface area (Å²) in [7, 11) is 0. The van der Waals surface area contributed by atoms with E-state index in [1.54, 1.807) is 6.07 Å². The van der Waals surface area contributed by atoms with Crippen molar-refractivity contribution in [1.82, 2.24) is 25.0 Å². The Morgan fingerprint density at radius 3 is 2.86 bits per heavy atom. The van der Waals surface area contributed by atoms with Crippen molar-refractivity contribution in [2.75, 3.05) is 24.3 Å². The Labute approximate surface area is 210 Å². The first-order chi connectivity index (χ1) is 17.4. The van der Waals surface area contributed by atoms with E-state index >= 15 is 0 Å². The lowest BCUT2D eigenvalue weighted by atomic mass is 10.1. The molecule has 2 heterocycles. The molecule has 194 valence electrons. The molecule has 0 aliphatic heterocycles. The number of aliphatic hydroxyl groups excluding tert-OH is 2. The molecular formula is C23H28F2N6O4S. The highest BCUT2D eigenvalue weighted by molar-refractivity contribution is 7.99. The summed E-state index contributed by atoms with van der Waals surface area (Å²) in [6.45, 7) is 1.89. The normalized spacial score (nSPS) is 27.6. The van der Waals surface area contributed by atoms with E-state index in [-0.39, 0.29) is 37.2 Å². The highest BCUT2D eigenvalue weighted by Gasteiger charge is 2.51. The summed E-state index contributed by atoms with van der Waals surface area (Å²) in [5, 5.41) is 43.4. The van der Waals surface area contributed by atoms with Gasteiger partial charge in [-0.2, -0.15) is 4.68 Å². The number of anilines is 1. The second-order valence-corrected chi connectivity index (χ2v) is 10.2. The largest absolute Gasteiger partial charge is 0.394 e. The predicted octanol–water partition coefficient (Wildman–Crippen LogP) is 2.15. The van der Waals surface area contributed by atoms with Crippen molar-refractivity contribution < 1.29 is 28.8 Å². The van der Waals surface area contributed by atoms with Gasteiger partial charge in [-0.05, 0) is 37.0 Å². The standard InChI is InChI=1S/C23H28F2N6O4S/c1-2-9-36-22-27-20(26-16-11-13(16)12-3-4-14(24)15(25)10-12)18-21(28-22)31(30-29-18)23(34)6-5-17(19(23)33)35-8-7-32/h3-4,10,13,16-17,19,32-34H,2,5-9,11H2,1H3,(H,26,27,28). The van der Waals surface area contributed by atoms with Crippen molar-refractivity contribution in [3.63, 3.8) is 0 Å². The molecule has 10 nitrogen and oxygen atoms in total. The van der Waals surface area contributed by atoms with Gasteiger partial charge in [0.2, 0.25) is 0 Å². The lowest BCUT2D eigenvalue weighted by Gasteiger charge is -2.28. The molecule has 5 unspecified atom stereocenters. The third-order valence-electron chi connectivity index (χ3n) is 6.61. The number of benzene rings is 1. The third kappa shape index (κ3) is 4.65. The van der Waals surface area contributed by atoms with Crippen molar-refractivity contribution in [3.8, 4) is 0 Å². The second-order valence-electron chi connectivity index (χ2n) is 9.14. The molecule has 3 aromatic rings. The molecule has 5 rings (SSSR count). The number of hydrogen-bond acceptors (Lipinski definition) is 10. The Hall–Kier alpha value is -2.45. The first-order valence-electron chi connectivity index (χ1n) is 12.0. The van der Waals surface area contributed by atoms with Crippen LogP contribution < -0.4 is 5.32 Å². The second kappa shape index (κ2) is 10.1. The first-order valence-corrected chi connectivity index (χ1v) is 13.0. The van der Waals surface area contributed by atoms with Crippen molar-refractivity contribution >= 4 is 28.7 Å². The number of aliphatic hydroxyl groups is 3. The maximum Gasteiger partial charge on any atom is 0.191 e. The number of aromatic nitrogens is 5. The molecule has 2 aromatic heterocycles.